The van der Waals surface area contributed by atoms with Gasteiger partial charge in [0, 0.05) is 42.7 Å². The molecule has 1 amide bonds. The van der Waals surface area contributed by atoms with Crippen molar-refractivity contribution >= 4 is 17.4 Å². The molecule has 0 spiro atoms. The molecule has 0 unspecified atom stereocenters. The predicted octanol–water partition coefficient (Wildman–Crippen LogP) is 3.70. The van der Waals surface area contributed by atoms with Crippen molar-refractivity contribution in [1.29, 1.82) is 0 Å². The van der Waals surface area contributed by atoms with Crippen molar-refractivity contribution in [3.8, 4) is 11.3 Å². The van der Waals surface area contributed by atoms with Gasteiger partial charge in [-0.15, -0.1) is 10.2 Å². The summed E-state index contributed by atoms with van der Waals surface area (Å²) in [7, 11) is 0. The Morgan fingerprint density at radius 2 is 1.68 bits per heavy atom. The monoisotopic (exact) mass is 373 g/mol. The Labute approximate surface area is 164 Å². The van der Waals surface area contributed by atoms with Crippen molar-refractivity contribution in [2.75, 3.05) is 23.3 Å². The van der Waals surface area contributed by atoms with E-state index >= 15 is 0 Å². The second-order valence-electron chi connectivity index (χ2n) is 7.13. The molecule has 0 saturated carbocycles. The molecule has 1 aromatic carbocycles. The minimum Gasteiger partial charge on any atom is -0.355 e. The molecule has 1 aliphatic heterocycles. The van der Waals surface area contributed by atoms with Crippen LogP contribution >= 0.6 is 0 Å². The number of carbonyl (C=O) groups excluding carboxylic acids is 1. The number of pyridine rings is 1. The largest absolute Gasteiger partial charge is 0.355 e. The van der Waals surface area contributed by atoms with Gasteiger partial charge in [0.25, 0.3) is 0 Å². The lowest BCUT2D eigenvalue weighted by molar-refractivity contribution is -0.120. The molecular weight excluding hydrogens is 350 g/mol. The first-order valence-electron chi connectivity index (χ1n) is 9.56. The zero-order valence-electron chi connectivity index (χ0n) is 15.9. The van der Waals surface area contributed by atoms with Gasteiger partial charge in [0.05, 0.1) is 5.69 Å². The van der Waals surface area contributed by atoms with E-state index in [-0.39, 0.29) is 11.8 Å². The highest BCUT2D eigenvalue weighted by atomic mass is 16.1. The van der Waals surface area contributed by atoms with E-state index in [2.05, 4.69) is 25.4 Å². The van der Waals surface area contributed by atoms with Crippen molar-refractivity contribution in [3.63, 3.8) is 0 Å². The Bertz CT molecular complexity index is 917. The first-order valence-corrected chi connectivity index (χ1v) is 9.56. The Morgan fingerprint density at radius 3 is 2.32 bits per heavy atom. The summed E-state index contributed by atoms with van der Waals surface area (Å²) in [5.41, 5.74) is 3.87. The number of piperidine rings is 1. The second-order valence-corrected chi connectivity index (χ2v) is 7.13. The topological polar surface area (TPSA) is 71.0 Å². The van der Waals surface area contributed by atoms with Crippen molar-refractivity contribution < 1.29 is 4.79 Å². The summed E-state index contributed by atoms with van der Waals surface area (Å²) in [6.07, 6.45) is 5.12. The molecule has 1 aliphatic rings. The quantitative estimate of drug-likeness (QED) is 0.755. The Kier molecular flexibility index (Phi) is 5.28. The molecule has 0 atom stereocenters. The Balaban J connectivity index is 1.33. The molecule has 3 heterocycles. The zero-order chi connectivity index (χ0) is 19.3. The van der Waals surface area contributed by atoms with Crippen LogP contribution in [0, 0.1) is 12.8 Å². The lowest BCUT2D eigenvalue weighted by Gasteiger charge is -2.31. The van der Waals surface area contributed by atoms with Crippen LogP contribution in [0.1, 0.15) is 18.4 Å². The van der Waals surface area contributed by atoms with Gasteiger partial charge in [0.15, 0.2) is 5.82 Å². The molecule has 6 nitrogen and oxygen atoms in total. The molecule has 6 heteroatoms. The molecule has 2 aromatic heterocycles. The number of hydrogen-bond acceptors (Lipinski definition) is 5. The van der Waals surface area contributed by atoms with Gasteiger partial charge in [-0.2, -0.15) is 0 Å². The van der Waals surface area contributed by atoms with E-state index in [9.17, 15) is 4.79 Å². The van der Waals surface area contributed by atoms with Crippen LogP contribution in [0.3, 0.4) is 0 Å². The highest BCUT2D eigenvalue weighted by Crippen LogP contribution is 2.24. The van der Waals surface area contributed by atoms with Crippen LogP contribution in [0.4, 0.5) is 11.5 Å². The van der Waals surface area contributed by atoms with Crippen LogP contribution in [0.25, 0.3) is 11.3 Å². The minimum absolute atomic E-state index is 0.0293. The highest BCUT2D eigenvalue weighted by Gasteiger charge is 2.25. The number of aryl methyl sites for hydroxylation is 1. The van der Waals surface area contributed by atoms with Gasteiger partial charge in [0.1, 0.15) is 0 Å². The summed E-state index contributed by atoms with van der Waals surface area (Å²) in [6.45, 7) is 3.64. The third kappa shape index (κ3) is 4.17. The Morgan fingerprint density at radius 1 is 0.964 bits per heavy atom. The van der Waals surface area contributed by atoms with E-state index in [4.69, 9.17) is 0 Å². The highest BCUT2D eigenvalue weighted by molar-refractivity contribution is 5.92. The molecule has 0 bridgehead atoms. The van der Waals surface area contributed by atoms with Gasteiger partial charge < -0.3 is 10.2 Å². The SMILES string of the molecule is Cc1ccc(NC(=O)C2CCN(c3ccc(-c4ccncc4)nn3)CC2)cc1. The zero-order valence-corrected chi connectivity index (χ0v) is 15.9. The van der Waals surface area contributed by atoms with Gasteiger partial charge in [-0.05, 0) is 56.2 Å². The molecular formula is C22H23N5O. The van der Waals surface area contributed by atoms with Crippen LogP contribution < -0.4 is 10.2 Å². The van der Waals surface area contributed by atoms with Crippen molar-refractivity contribution in [1.82, 2.24) is 15.2 Å². The van der Waals surface area contributed by atoms with Gasteiger partial charge >= 0.3 is 0 Å². The average Bonchev–Trinajstić information content (AvgIpc) is 2.76. The van der Waals surface area contributed by atoms with Crippen LogP contribution in [0.15, 0.2) is 60.9 Å². The number of rotatable bonds is 4. The van der Waals surface area contributed by atoms with Crippen LogP contribution in [-0.2, 0) is 4.79 Å². The summed E-state index contributed by atoms with van der Waals surface area (Å²) < 4.78 is 0. The van der Waals surface area contributed by atoms with E-state index in [1.807, 2.05) is 55.5 Å². The number of aromatic nitrogens is 3. The standard InChI is InChI=1S/C22H23N5O/c1-16-2-4-19(5-3-16)24-22(28)18-10-14-27(15-11-18)21-7-6-20(25-26-21)17-8-12-23-13-9-17/h2-9,12-13,18H,10-11,14-15H2,1H3,(H,24,28). The van der Waals surface area contributed by atoms with E-state index in [1.165, 1.54) is 5.56 Å². The maximum atomic E-state index is 12.5. The van der Waals surface area contributed by atoms with Gasteiger partial charge in [0.2, 0.25) is 5.91 Å². The molecule has 4 rings (SSSR count). The molecule has 0 radical (unpaired) electrons. The minimum atomic E-state index is 0.0293. The number of anilines is 2. The number of hydrogen-bond donors (Lipinski definition) is 1. The smallest absolute Gasteiger partial charge is 0.227 e. The van der Waals surface area contributed by atoms with Crippen LogP contribution in [0.2, 0.25) is 0 Å². The molecule has 1 fully saturated rings. The van der Waals surface area contributed by atoms with Crippen LogP contribution in [0.5, 0.6) is 0 Å². The number of carbonyl (C=O) groups is 1. The fourth-order valence-corrected chi connectivity index (χ4v) is 3.42. The van der Waals surface area contributed by atoms with Crippen molar-refractivity contribution in [2.45, 2.75) is 19.8 Å². The maximum absolute atomic E-state index is 12.5. The van der Waals surface area contributed by atoms with Gasteiger partial charge in [-0.25, -0.2) is 0 Å². The lowest BCUT2D eigenvalue weighted by atomic mass is 9.95. The second kappa shape index (κ2) is 8.17. The molecule has 142 valence electrons. The van der Waals surface area contributed by atoms with E-state index in [1.54, 1.807) is 12.4 Å². The number of nitrogens with zero attached hydrogens (tertiary/aromatic N) is 4. The van der Waals surface area contributed by atoms with E-state index in [0.29, 0.717) is 0 Å². The van der Waals surface area contributed by atoms with E-state index < -0.39 is 0 Å². The van der Waals surface area contributed by atoms with Crippen LogP contribution in [-0.4, -0.2) is 34.2 Å². The lowest BCUT2D eigenvalue weighted by Crippen LogP contribution is -2.38. The summed E-state index contributed by atoms with van der Waals surface area (Å²) in [6, 6.07) is 15.7. The summed E-state index contributed by atoms with van der Waals surface area (Å²) >= 11 is 0. The Hall–Kier alpha value is -3.28. The first kappa shape index (κ1) is 18.1. The van der Waals surface area contributed by atoms with Crippen molar-refractivity contribution in [2.24, 2.45) is 5.92 Å². The number of nitrogens with one attached hydrogen (secondary N) is 1. The third-order valence-electron chi connectivity index (χ3n) is 5.14. The number of amides is 1. The maximum Gasteiger partial charge on any atom is 0.227 e. The fourth-order valence-electron chi connectivity index (χ4n) is 3.42. The first-order chi connectivity index (χ1) is 13.7. The van der Waals surface area contributed by atoms with Crippen molar-refractivity contribution in [3.05, 3.63) is 66.5 Å². The fraction of sp³-hybridized carbons (Fsp3) is 0.273. The summed E-state index contributed by atoms with van der Waals surface area (Å²) in [4.78, 5) is 18.8. The molecule has 28 heavy (non-hydrogen) atoms. The molecule has 3 aromatic rings. The van der Waals surface area contributed by atoms with Gasteiger partial charge in [-0.1, -0.05) is 17.7 Å². The molecule has 1 N–H and O–H groups in total. The molecule has 1 saturated heterocycles. The van der Waals surface area contributed by atoms with E-state index in [0.717, 1.165) is 48.7 Å². The summed E-state index contributed by atoms with van der Waals surface area (Å²) in [5, 5.41) is 11.8. The normalized spacial score (nSPS) is 14.7. The third-order valence-corrected chi connectivity index (χ3v) is 5.14. The number of benzene rings is 1. The predicted molar refractivity (Wildman–Crippen MR) is 110 cm³/mol. The van der Waals surface area contributed by atoms with Gasteiger partial charge in [-0.3, -0.25) is 9.78 Å². The average molecular weight is 373 g/mol. The molecule has 0 aliphatic carbocycles. The summed E-state index contributed by atoms with van der Waals surface area (Å²) in [5.74, 6) is 0.986.